The Morgan fingerprint density at radius 2 is 2.12 bits per heavy atom. The van der Waals surface area contributed by atoms with Crippen LogP contribution >= 0.6 is 11.6 Å². The van der Waals surface area contributed by atoms with E-state index in [4.69, 9.17) is 26.8 Å². The number of rotatable bonds is 8. The van der Waals surface area contributed by atoms with Crippen LogP contribution in [0, 0.1) is 5.92 Å². The van der Waals surface area contributed by atoms with E-state index < -0.39 is 0 Å². The van der Waals surface area contributed by atoms with Crippen LogP contribution < -0.4 is 20.5 Å². The highest BCUT2D eigenvalue weighted by molar-refractivity contribution is 6.32. The molecule has 0 spiro atoms. The van der Waals surface area contributed by atoms with E-state index in [2.05, 4.69) is 5.32 Å². The SMILES string of the molecule is CCCOc1c(Cl)cc(C(=O)NC2CCCC2CN)cc1OCC. The van der Waals surface area contributed by atoms with Gasteiger partial charge in [-0.2, -0.15) is 0 Å². The molecule has 1 saturated carbocycles. The number of nitrogens with one attached hydrogen (secondary N) is 1. The second-order valence-electron chi connectivity index (χ2n) is 6.07. The molecule has 0 bridgehead atoms. The van der Waals surface area contributed by atoms with Gasteiger partial charge in [0.15, 0.2) is 11.5 Å². The first-order chi connectivity index (χ1) is 11.6. The number of benzene rings is 1. The molecule has 2 unspecified atom stereocenters. The van der Waals surface area contributed by atoms with Gasteiger partial charge < -0.3 is 20.5 Å². The zero-order valence-corrected chi connectivity index (χ0v) is 15.2. The second kappa shape index (κ2) is 9.14. The minimum absolute atomic E-state index is 0.132. The predicted molar refractivity (Wildman–Crippen MR) is 96.1 cm³/mol. The third-order valence-electron chi connectivity index (χ3n) is 4.30. The number of halogens is 1. The number of ether oxygens (including phenoxy) is 2. The van der Waals surface area contributed by atoms with Crippen LogP contribution in [0.15, 0.2) is 12.1 Å². The van der Waals surface area contributed by atoms with E-state index in [1.54, 1.807) is 12.1 Å². The largest absolute Gasteiger partial charge is 0.490 e. The van der Waals surface area contributed by atoms with Gasteiger partial charge in [0.25, 0.3) is 5.91 Å². The average Bonchev–Trinajstić information content (AvgIpc) is 3.01. The monoisotopic (exact) mass is 354 g/mol. The number of carbonyl (C=O) groups is 1. The lowest BCUT2D eigenvalue weighted by Crippen LogP contribution is -2.39. The molecule has 134 valence electrons. The van der Waals surface area contributed by atoms with Crippen LogP contribution in [0.4, 0.5) is 0 Å². The third-order valence-corrected chi connectivity index (χ3v) is 4.58. The molecule has 1 aliphatic carbocycles. The number of nitrogens with two attached hydrogens (primary N) is 1. The summed E-state index contributed by atoms with van der Waals surface area (Å²) in [5, 5.41) is 3.47. The van der Waals surface area contributed by atoms with E-state index in [1.165, 1.54) is 0 Å². The summed E-state index contributed by atoms with van der Waals surface area (Å²) in [6.07, 6.45) is 4.00. The Kier molecular flexibility index (Phi) is 7.18. The highest BCUT2D eigenvalue weighted by Crippen LogP contribution is 2.37. The number of carbonyl (C=O) groups excluding carboxylic acids is 1. The number of hydrogen-bond donors (Lipinski definition) is 2. The van der Waals surface area contributed by atoms with Crippen LogP contribution in [-0.2, 0) is 0 Å². The molecule has 1 aliphatic rings. The quantitative estimate of drug-likeness (QED) is 0.750. The van der Waals surface area contributed by atoms with Crippen LogP contribution in [0.1, 0.15) is 49.9 Å². The fourth-order valence-corrected chi connectivity index (χ4v) is 3.33. The Morgan fingerprint density at radius 1 is 1.33 bits per heavy atom. The first-order valence-electron chi connectivity index (χ1n) is 8.70. The summed E-state index contributed by atoms with van der Waals surface area (Å²) < 4.78 is 11.3. The highest BCUT2D eigenvalue weighted by Gasteiger charge is 2.28. The molecule has 2 atom stereocenters. The smallest absolute Gasteiger partial charge is 0.251 e. The molecule has 0 saturated heterocycles. The van der Waals surface area contributed by atoms with E-state index in [9.17, 15) is 4.79 Å². The fourth-order valence-electron chi connectivity index (χ4n) is 3.07. The number of amides is 1. The minimum Gasteiger partial charge on any atom is -0.490 e. The molecule has 1 aromatic carbocycles. The summed E-state index contributed by atoms with van der Waals surface area (Å²) >= 11 is 6.32. The summed E-state index contributed by atoms with van der Waals surface area (Å²) in [6, 6.07) is 3.46. The number of hydrogen-bond acceptors (Lipinski definition) is 4. The van der Waals surface area contributed by atoms with Gasteiger partial charge in [-0.1, -0.05) is 24.9 Å². The lowest BCUT2D eigenvalue weighted by molar-refractivity contribution is 0.0928. The van der Waals surface area contributed by atoms with Crippen molar-refractivity contribution in [2.24, 2.45) is 11.7 Å². The molecule has 0 radical (unpaired) electrons. The van der Waals surface area contributed by atoms with Crippen molar-refractivity contribution in [1.29, 1.82) is 0 Å². The second-order valence-corrected chi connectivity index (χ2v) is 6.48. The molecule has 5 nitrogen and oxygen atoms in total. The standard InChI is InChI=1S/C18H27ClN2O3/c1-3-8-24-17-14(19)9-13(10-16(17)23-4-2)18(22)21-15-7-5-6-12(15)11-20/h9-10,12,15H,3-8,11,20H2,1-2H3,(H,21,22). The molecule has 1 aromatic rings. The van der Waals surface area contributed by atoms with Crippen molar-refractivity contribution in [3.8, 4) is 11.5 Å². The Bertz CT molecular complexity index is 565. The summed E-state index contributed by atoms with van der Waals surface area (Å²) in [7, 11) is 0. The third kappa shape index (κ3) is 4.54. The molecule has 6 heteroatoms. The van der Waals surface area contributed by atoms with Gasteiger partial charge >= 0.3 is 0 Å². The van der Waals surface area contributed by atoms with Crippen molar-refractivity contribution in [2.75, 3.05) is 19.8 Å². The lowest BCUT2D eigenvalue weighted by atomic mass is 10.0. The summed E-state index contributed by atoms with van der Waals surface area (Å²) in [5.41, 5.74) is 6.27. The molecular formula is C18H27ClN2O3. The average molecular weight is 355 g/mol. The van der Waals surface area contributed by atoms with Crippen LogP contribution in [0.25, 0.3) is 0 Å². The van der Waals surface area contributed by atoms with Gasteiger partial charge in [-0.05, 0) is 50.8 Å². The van der Waals surface area contributed by atoms with E-state index in [0.717, 1.165) is 25.7 Å². The van der Waals surface area contributed by atoms with Gasteiger partial charge in [-0.25, -0.2) is 0 Å². The minimum atomic E-state index is -0.148. The maximum atomic E-state index is 12.6. The maximum Gasteiger partial charge on any atom is 0.251 e. The Morgan fingerprint density at radius 3 is 2.79 bits per heavy atom. The molecule has 1 fully saturated rings. The predicted octanol–water partition coefficient (Wildman–Crippen LogP) is 3.38. The summed E-state index contributed by atoms with van der Waals surface area (Å²) in [4.78, 5) is 12.6. The summed E-state index contributed by atoms with van der Waals surface area (Å²) in [6.45, 7) is 5.52. The molecule has 24 heavy (non-hydrogen) atoms. The van der Waals surface area contributed by atoms with Crippen LogP contribution in [0.3, 0.4) is 0 Å². The van der Waals surface area contributed by atoms with E-state index in [0.29, 0.717) is 47.8 Å². The molecule has 0 aromatic heterocycles. The van der Waals surface area contributed by atoms with Crippen molar-refractivity contribution < 1.29 is 14.3 Å². The van der Waals surface area contributed by atoms with Crippen molar-refractivity contribution in [1.82, 2.24) is 5.32 Å². The normalized spacial score (nSPS) is 20.0. The first kappa shape index (κ1) is 18.9. The van der Waals surface area contributed by atoms with Gasteiger partial charge in [0.2, 0.25) is 0 Å². The van der Waals surface area contributed by atoms with Gasteiger partial charge in [-0.15, -0.1) is 0 Å². The Balaban J connectivity index is 2.18. The van der Waals surface area contributed by atoms with Gasteiger partial charge in [0, 0.05) is 11.6 Å². The summed E-state index contributed by atoms with van der Waals surface area (Å²) in [5.74, 6) is 1.20. The molecule has 2 rings (SSSR count). The van der Waals surface area contributed by atoms with Crippen LogP contribution in [0.5, 0.6) is 11.5 Å². The Labute approximate surface area is 148 Å². The van der Waals surface area contributed by atoms with Crippen LogP contribution in [0.2, 0.25) is 5.02 Å². The molecule has 0 heterocycles. The molecular weight excluding hydrogens is 328 g/mol. The maximum absolute atomic E-state index is 12.6. The van der Waals surface area contributed by atoms with Gasteiger partial charge in [0.1, 0.15) is 0 Å². The van der Waals surface area contributed by atoms with Crippen molar-refractivity contribution in [3.05, 3.63) is 22.7 Å². The fraction of sp³-hybridized carbons (Fsp3) is 0.611. The van der Waals surface area contributed by atoms with Gasteiger partial charge in [-0.3, -0.25) is 4.79 Å². The molecule has 1 amide bonds. The lowest BCUT2D eigenvalue weighted by Gasteiger charge is -2.20. The van der Waals surface area contributed by atoms with Crippen molar-refractivity contribution in [3.63, 3.8) is 0 Å². The van der Waals surface area contributed by atoms with Crippen molar-refractivity contribution in [2.45, 2.75) is 45.6 Å². The van der Waals surface area contributed by atoms with E-state index >= 15 is 0 Å². The topological polar surface area (TPSA) is 73.6 Å². The molecule has 0 aliphatic heterocycles. The van der Waals surface area contributed by atoms with Crippen molar-refractivity contribution >= 4 is 17.5 Å². The van der Waals surface area contributed by atoms with Gasteiger partial charge in [0.05, 0.1) is 18.2 Å². The van der Waals surface area contributed by atoms with E-state index in [1.807, 2.05) is 13.8 Å². The zero-order chi connectivity index (χ0) is 17.5. The zero-order valence-electron chi connectivity index (χ0n) is 14.4. The Hall–Kier alpha value is -1.46. The first-order valence-corrected chi connectivity index (χ1v) is 9.08. The molecule has 3 N–H and O–H groups in total. The highest BCUT2D eigenvalue weighted by atomic mass is 35.5. The van der Waals surface area contributed by atoms with E-state index in [-0.39, 0.29) is 11.9 Å². The van der Waals surface area contributed by atoms with Crippen LogP contribution in [-0.4, -0.2) is 31.7 Å².